The number of rotatable bonds is 4. The van der Waals surface area contributed by atoms with Crippen LogP contribution >= 0.6 is 0 Å². The fraction of sp³-hybridized carbons (Fsp3) is 0. The molecule has 0 fully saturated rings. The van der Waals surface area contributed by atoms with E-state index in [0.29, 0.717) is 0 Å². The molecule has 10 aromatic heterocycles. The van der Waals surface area contributed by atoms with E-state index >= 15 is 0 Å². The van der Waals surface area contributed by atoms with Crippen LogP contribution in [0.2, 0.25) is 0 Å². The number of aromatic nitrogens is 4. The summed E-state index contributed by atoms with van der Waals surface area (Å²) in [6.07, 6.45) is 0. The van der Waals surface area contributed by atoms with Gasteiger partial charge >= 0.3 is 0 Å². The van der Waals surface area contributed by atoms with Crippen molar-refractivity contribution in [3.8, 4) is 44.5 Å². The number of nitrogens with zero attached hydrogens (tertiary/aromatic N) is 4. The summed E-state index contributed by atoms with van der Waals surface area (Å²) >= 11 is 0. The highest BCUT2D eigenvalue weighted by molar-refractivity contribution is 6.37. The summed E-state index contributed by atoms with van der Waals surface area (Å²) in [6, 6.07) is 168. The monoisotopic (exact) mass is 1750 g/mol. The molecule has 0 bridgehead atoms. The van der Waals surface area contributed by atoms with Crippen molar-refractivity contribution in [2.24, 2.45) is 0 Å². The maximum absolute atomic E-state index is 6.50. The highest BCUT2D eigenvalue weighted by atomic mass is 16.3. The normalized spacial score (nSPS) is 12.3. The molecular weight excluding hydrogens is 1670 g/mol. The minimum Gasteiger partial charge on any atom is -0.454 e. The molecule has 0 aliphatic rings. The average Bonchev–Trinajstić information content (AvgIpc) is 1.52. The van der Waals surface area contributed by atoms with Crippen LogP contribution < -0.4 is 0 Å². The van der Waals surface area contributed by atoms with E-state index < -0.39 is 0 Å². The molecule has 0 aliphatic heterocycles. The second-order valence-corrected chi connectivity index (χ2v) is 37.4. The molecule has 0 unspecified atom stereocenters. The van der Waals surface area contributed by atoms with E-state index in [1.807, 2.05) is 24.3 Å². The van der Waals surface area contributed by atoms with E-state index in [4.69, 9.17) is 8.83 Å². The Morgan fingerprint density at radius 1 is 0.130 bits per heavy atom. The van der Waals surface area contributed by atoms with Gasteiger partial charge < -0.3 is 26.4 Å². The molecule has 0 spiro atoms. The largest absolute Gasteiger partial charge is 0.454 e. The van der Waals surface area contributed by atoms with Crippen LogP contribution in [-0.2, 0) is 0 Å². The van der Waals surface area contributed by atoms with Crippen molar-refractivity contribution in [2.45, 2.75) is 0 Å². The van der Waals surface area contributed by atoms with Gasteiger partial charge in [-0.1, -0.05) is 376 Å². The van der Waals surface area contributed by atoms with Gasteiger partial charge in [-0.25, -0.2) is 0 Å². The van der Waals surface area contributed by atoms with Gasteiger partial charge in [-0.15, -0.1) is 0 Å². The van der Waals surface area contributed by atoms with Gasteiger partial charge in [-0.3, -0.25) is 0 Å². The summed E-state index contributed by atoms with van der Waals surface area (Å²) in [6.45, 7) is 0. The van der Waals surface area contributed by atoms with E-state index in [1.54, 1.807) is 0 Å². The van der Waals surface area contributed by atoms with Gasteiger partial charge in [0.05, 0.1) is 66.2 Å². The van der Waals surface area contributed by atoms with E-state index in [0.717, 1.165) is 54.9 Å². The lowest BCUT2D eigenvalue weighted by Gasteiger charge is -2.13. The standard InChI is InChI=1S/2C38H23N.C30H15NO2.C26H15N/c1-3-12-24(13-4-1)34-28-18-9-7-16-26(28)22-32-36(34)30-20-11-21-31-37-33(39(32)38(30)31)23-27-17-8-10-19-29(27)35(37)25-14-5-2-6-15-25;1-3-8-24(9-4-1)26-14-16-28-22-36-34(20-30(28)18-26)32-12-7-13-33-35-21-31-19-27(25-10-5-2-6-11-25)15-17-29(31)23-37(35)39(36)38(32)33;1-3-10-24-16(6-1)22-14-12-20-18-8-5-9-19-21-13-15-23-17-7-2-4-11-25(17)33-30(23)28(21)31(26(18)19)27(20)29(22)32-24;1-3-8-18-16(6-1)12-14-22-24(18)20-10-5-11-21-25-19-9-4-2-7-17(19)13-15-23(25)27(22)26(20)21/h2*1-23H;1-15H;1-15H. The van der Waals surface area contributed by atoms with Crippen molar-refractivity contribution in [3.05, 3.63) is 461 Å². The van der Waals surface area contributed by atoms with Crippen LogP contribution in [0.5, 0.6) is 0 Å². The quantitative estimate of drug-likeness (QED) is 0.176. The van der Waals surface area contributed by atoms with Crippen LogP contribution in [0, 0.1) is 0 Å². The molecule has 0 N–H and O–H groups in total. The van der Waals surface area contributed by atoms with E-state index in [1.165, 1.54) is 250 Å². The second kappa shape index (κ2) is 28.6. The van der Waals surface area contributed by atoms with Crippen LogP contribution in [0.4, 0.5) is 0 Å². The molecule has 138 heavy (non-hydrogen) atoms. The van der Waals surface area contributed by atoms with Crippen LogP contribution in [0.25, 0.3) is 305 Å². The molecule has 10 heterocycles. The lowest BCUT2D eigenvalue weighted by atomic mass is 9.91. The van der Waals surface area contributed by atoms with E-state index in [-0.39, 0.29) is 0 Å². The zero-order valence-corrected chi connectivity index (χ0v) is 74.5. The van der Waals surface area contributed by atoms with Gasteiger partial charge in [0, 0.05) is 108 Å². The zero-order valence-electron chi connectivity index (χ0n) is 74.5. The molecular formula is C132H76N4O2. The highest BCUT2D eigenvalue weighted by Crippen LogP contribution is 2.53. The van der Waals surface area contributed by atoms with Gasteiger partial charge in [0.2, 0.25) is 0 Å². The summed E-state index contributed by atoms with van der Waals surface area (Å²) in [5, 5.41) is 40.9. The molecule has 0 atom stereocenters. The first kappa shape index (κ1) is 75.2. The summed E-state index contributed by atoms with van der Waals surface area (Å²) in [4.78, 5) is 0. The third-order valence-electron chi connectivity index (χ3n) is 30.3. The van der Waals surface area contributed by atoms with Crippen LogP contribution in [-0.4, -0.2) is 17.6 Å². The number of furan rings is 2. The Labute approximate surface area is 787 Å². The topological polar surface area (TPSA) is 43.9 Å². The Hall–Kier alpha value is -18.4. The van der Waals surface area contributed by atoms with Crippen molar-refractivity contribution in [1.29, 1.82) is 0 Å². The number of benzene rings is 24. The van der Waals surface area contributed by atoms with Crippen molar-refractivity contribution >= 4 is 261 Å². The first-order valence-corrected chi connectivity index (χ1v) is 47.7. The summed E-state index contributed by atoms with van der Waals surface area (Å²) in [5.74, 6) is 0. The fourth-order valence-electron chi connectivity index (χ4n) is 24.5. The first-order chi connectivity index (χ1) is 68.5. The van der Waals surface area contributed by atoms with Crippen molar-refractivity contribution in [1.82, 2.24) is 17.6 Å². The van der Waals surface area contributed by atoms with Crippen LogP contribution in [0.1, 0.15) is 0 Å². The minimum absolute atomic E-state index is 0.915. The number of hydrogen-bond acceptors (Lipinski definition) is 2. The zero-order chi connectivity index (χ0) is 89.8. The van der Waals surface area contributed by atoms with Gasteiger partial charge in [0.1, 0.15) is 11.2 Å². The Morgan fingerprint density at radius 2 is 0.428 bits per heavy atom. The molecule has 0 amide bonds. The predicted molar refractivity (Wildman–Crippen MR) is 586 cm³/mol. The van der Waals surface area contributed by atoms with Crippen molar-refractivity contribution < 1.29 is 8.83 Å². The molecule has 6 nitrogen and oxygen atoms in total. The van der Waals surface area contributed by atoms with Crippen LogP contribution in [0.15, 0.2) is 470 Å². The van der Waals surface area contributed by atoms with Gasteiger partial charge in [-0.05, 0) is 194 Å². The highest BCUT2D eigenvalue weighted by Gasteiger charge is 2.29. The molecule has 0 saturated heterocycles. The molecule has 6 heteroatoms. The lowest BCUT2D eigenvalue weighted by molar-refractivity contribution is 0.670. The van der Waals surface area contributed by atoms with E-state index in [2.05, 4.69) is 454 Å². The smallest absolute Gasteiger partial charge is 0.160 e. The number of para-hydroxylation sites is 6. The molecule has 34 aromatic rings. The third-order valence-corrected chi connectivity index (χ3v) is 30.3. The minimum atomic E-state index is 0.915. The Bertz CT molecular complexity index is 10500. The van der Waals surface area contributed by atoms with Crippen molar-refractivity contribution in [2.75, 3.05) is 0 Å². The molecule has 34 rings (SSSR count). The van der Waals surface area contributed by atoms with Gasteiger partial charge in [0.25, 0.3) is 0 Å². The van der Waals surface area contributed by atoms with Crippen LogP contribution in [0.3, 0.4) is 0 Å². The molecule has 0 aliphatic carbocycles. The Kier molecular flexibility index (Phi) is 15.6. The maximum Gasteiger partial charge on any atom is 0.160 e. The summed E-state index contributed by atoms with van der Waals surface area (Å²) in [7, 11) is 0. The Balaban J connectivity index is 0.0000000860. The maximum atomic E-state index is 6.50. The first-order valence-electron chi connectivity index (χ1n) is 47.7. The average molecular weight is 1750 g/mol. The fourth-order valence-corrected chi connectivity index (χ4v) is 24.5. The number of hydrogen-bond donors (Lipinski definition) is 0. The summed E-state index contributed by atoms with van der Waals surface area (Å²) < 4.78 is 22.9. The summed E-state index contributed by atoms with van der Waals surface area (Å²) in [5.41, 5.74) is 28.9. The predicted octanol–water partition coefficient (Wildman–Crippen LogP) is 36.7. The Morgan fingerprint density at radius 3 is 0.862 bits per heavy atom. The molecule has 636 valence electrons. The molecule has 24 aromatic carbocycles. The number of fused-ring (bicyclic) bond motifs is 40. The molecule has 0 saturated carbocycles. The van der Waals surface area contributed by atoms with Gasteiger partial charge in [0.15, 0.2) is 11.2 Å². The SMILES string of the molecule is c1ccc(-c2c3ccccc3cc3c2c2cccc4c5c(-c6ccccc6)c6ccccc6cc5n3c24)cc1.c1ccc(-c2ccc3cc4c(cc3c2)c2cccc3c5cc6cc(-c7ccccc7)ccc6cc5n4c23)cc1.c1ccc2c(c1)ccc1c2c2cccc3c4c5ccccc5ccc4n1c23.c1ccc2c(c1)oc1c2ccc2c3cccc4c5ccc6c7ccccc7oc6c5n(c34)c21. The second-order valence-electron chi connectivity index (χ2n) is 37.4. The van der Waals surface area contributed by atoms with Crippen molar-refractivity contribution in [3.63, 3.8) is 0 Å². The van der Waals surface area contributed by atoms with E-state index in [9.17, 15) is 0 Å². The van der Waals surface area contributed by atoms with Gasteiger partial charge in [-0.2, -0.15) is 0 Å². The molecule has 0 radical (unpaired) electrons. The lowest BCUT2D eigenvalue weighted by Crippen LogP contribution is -1.88. The third kappa shape index (κ3) is 10.5.